The van der Waals surface area contributed by atoms with Crippen LogP contribution in [0.5, 0.6) is 0 Å². The number of pyridine rings is 1. The van der Waals surface area contributed by atoms with Crippen LogP contribution in [0.15, 0.2) is 23.4 Å². The van der Waals surface area contributed by atoms with Gasteiger partial charge in [-0.25, -0.2) is 17.8 Å². The second-order valence-electron chi connectivity index (χ2n) is 5.13. The molecule has 116 valence electrons. The van der Waals surface area contributed by atoms with E-state index in [4.69, 9.17) is 0 Å². The molecule has 1 aliphatic rings. The van der Waals surface area contributed by atoms with Crippen molar-refractivity contribution in [1.82, 2.24) is 9.71 Å². The van der Waals surface area contributed by atoms with Crippen LogP contribution in [0.4, 0.5) is 4.39 Å². The zero-order valence-corrected chi connectivity index (χ0v) is 12.1. The van der Waals surface area contributed by atoms with Crippen LogP contribution in [-0.2, 0) is 14.8 Å². The second kappa shape index (κ2) is 6.48. The monoisotopic (exact) mass is 316 g/mol. The van der Waals surface area contributed by atoms with E-state index in [1.165, 1.54) is 6.07 Å². The third-order valence-corrected chi connectivity index (χ3v) is 5.02. The van der Waals surface area contributed by atoms with Crippen molar-refractivity contribution in [3.8, 4) is 0 Å². The van der Waals surface area contributed by atoms with E-state index < -0.39 is 32.9 Å². The van der Waals surface area contributed by atoms with Gasteiger partial charge in [0.15, 0.2) is 5.82 Å². The maximum atomic E-state index is 13.5. The number of halogens is 1. The van der Waals surface area contributed by atoms with Crippen molar-refractivity contribution >= 4 is 16.0 Å². The lowest BCUT2D eigenvalue weighted by Gasteiger charge is -2.27. The molecule has 1 fully saturated rings. The molecule has 2 rings (SSSR count). The quantitative estimate of drug-likeness (QED) is 0.859. The first-order chi connectivity index (χ1) is 9.92. The van der Waals surface area contributed by atoms with Crippen molar-refractivity contribution < 1.29 is 22.7 Å². The van der Waals surface area contributed by atoms with Crippen LogP contribution in [-0.4, -0.2) is 30.5 Å². The minimum atomic E-state index is -4.30. The minimum absolute atomic E-state index is 0.280. The van der Waals surface area contributed by atoms with Gasteiger partial charge < -0.3 is 5.11 Å². The largest absolute Gasteiger partial charge is 0.480 e. The van der Waals surface area contributed by atoms with Crippen LogP contribution in [0.3, 0.4) is 0 Å². The Bertz CT molecular complexity index is 614. The Labute approximate surface area is 122 Å². The van der Waals surface area contributed by atoms with Gasteiger partial charge in [0.25, 0.3) is 10.0 Å². The van der Waals surface area contributed by atoms with E-state index in [0.29, 0.717) is 12.8 Å². The Hall–Kier alpha value is -1.54. The molecular weight excluding hydrogens is 299 g/mol. The lowest BCUT2D eigenvalue weighted by atomic mass is 9.84. The molecule has 0 saturated heterocycles. The summed E-state index contributed by atoms with van der Waals surface area (Å²) in [6, 6.07) is 0.985. The van der Waals surface area contributed by atoms with E-state index in [1.807, 2.05) is 0 Å². The average molecular weight is 316 g/mol. The number of sulfonamides is 1. The lowest BCUT2D eigenvalue weighted by molar-refractivity contribution is -0.140. The zero-order valence-electron chi connectivity index (χ0n) is 11.3. The number of rotatable bonds is 5. The molecule has 1 unspecified atom stereocenters. The lowest BCUT2D eigenvalue weighted by Crippen LogP contribution is -2.46. The van der Waals surface area contributed by atoms with Crippen molar-refractivity contribution in [3.05, 3.63) is 24.1 Å². The molecule has 1 aromatic heterocycles. The highest BCUT2D eigenvalue weighted by Crippen LogP contribution is 2.27. The molecule has 0 spiro atoms. The predicted octanol–water partition coefficient (Wildman–Crippen LogP) is 1.53. The molecule has 0 amide bonds. The third kappa shape index (κ3) is 3.76. The number of aromatic nitrogens is 1. The number of nitrogens with one attached hydrogen (secondary N) is 1. The highest BCUT2D eigenvalue weighted by Gasteiger charge is 2.34. The SMILES string of the molecule is O=C(O)C(NS(=O)(=O)c1ncccc1F)C1CCCCC1. The van der Waals surface area contributed by atoms with Gasteiger partial charge in [0.05, 0.1) is 0 Å². The van der Waals surface area contributed by atoms with Gasteiger partial charge in [0, 0.05) is 6.20 Å². The first kappa shape index (κ1) is 15.8. The van der Waals surface area contributed by atoms with E-state index in [1.54, 1.807) is 0 Å². The Balaban J connectivity index is 2.23. The van der Waals surface area contributed by atoms with Crippen LogP contribution in [0.25, 0.3) is 0 Å². The maximum Gasteiger partial charge on any atom is 0.322 e. The molecule has 21 heavy (non-hydrogen) atoms. The van der Waals surface area contributed by atoms with Crippen LogP contribution < -0.4 is 4.72 Å². The predicted molar refractivity (Wildman–Crippen MR) is 72.5 cm³/mol. The van der Waals surface area contributed by atoms with Crippen LogP contribution >= 0.6 is 0 Å². The van der Waals surface area contributed by atoms with Crippen LogP contribution in [0, 0.1) is 11.7 Å². The number of carboxylic acid groups (broad SMARTS) is 1. The number of carboxylic acids is 1. The van der Waals surface area contributed by atoms with Gasteiger partial charge in [0.2, 0.25) is 5.03 Å². The summed E-state index contributed by atoms with van der Waals surface area (Å²) in [5.74, 6) is -2.53. The zero-order chi connectivity index (χ0) is 15.5. The highest BCUT2D eigenvalue weighted by atomic mass is 32.2. The van der Waals surface area contributed by atoms with Gasteiger partial charge in [-0.15, -0.1) is 0 Å². The summed E-state index contributed by atoms with van der Waals surface area (Å²) in [4.78, 5) is 14.8. The summed E-state index contributed by atoms with van der Waals surface area (Å²) in [6.45, 7) is 0. The molecule has 1 heterocycles. The fourth-order valence-electron chi connectivity index (χ4n) is 2.61. The first-order valence-electron chi connectivity index (χ1n) is 6.77. The molecule has 0 aromatic carbocycles. The molecule has 1 aliphatic carbocycles. The van der Waals surface area contributed by atoms with Gasteiger partial charge in [0.1, 0.15) is 6.04 Å². The number of aliphatic carboxylic acids is 1. The maximum absolute atomic E-state index is 13.5. The van der Waals surface area contributed by atoms with Gasteiger partial charge >= 0.3 is 5.97 Å². The van der Waals surface area contributed by atoms with E-state index >= 15 is 0 Å². The molecule has 1 atom stereocenters. The summed E-state index contributed by atoms with van der Waals surface area (Å²) in [5, 5.41) is 8.49. The van der Waals surface area contributed by atoms with Crippen molar-refractivity contribution in [2.75, 3.05) is 0 Å². The van der Waals surface area contributed by atoms with E-state index in [-0.39, 0.29) is 5.92 Å². The topological polar surface area (TPSA) is 96.4 Å². The number of hydrogen-bond acceptors (Lipinski definition) is 4. The second-order valence-corrected chi connectivity index (χ2v) is 6.75. The normalized spacial score (nSPS) is 18.3. The fourth-order valence-corrected chi connectivity index (χ4v) is 3.87. The van der Waals surface area contributed by atoms with Gasteiger partial charge in [-0.2, -0.15) is 4.72 Å². The molecule has 0 aliphatic heterocycles. The standard InChI is InChI=1S/C13H17FN2O4S/c14-10-7-4-8-15-12(10)21(19,20)16-11(13(17)18)9-5-2-1-3-6-9/h4,7-9,11,16H,1-3,5-6H2,(H,17,18). The van der Waals surface area contributed by atoms with Gasteiger partial charge in [-0.3, -0.25) is 4.79 Å². The Morgan fingerprint density at radius 2 is 2.05 bits per heavy atom. The summed E-state index contributed by atoms with van der Waals surface area (Å²) < 4.78 is 39.9. The average Bonchev–Trinajstić information content (AvgIpc) is 2.46. The molecule has 0 bridgehead atoms. The highest BCUT2D eigenvalue weighted by molar-refractivity contribution is 7.89. The summed E-state index contributed by atoms with van der Waals surface area (Å²) in [5.41, 5.74) is 0. The van der Waals surface area contributed by atoms with Crippen LogP contribution in [0.1, 0.15) is 32.1 Å². The molecule has 2 N–H and O–H groups in total. The first-order valence-corrected chi connectivity index (χ1v) is 8.26. The fraction of sp³-hybridized carbons (Fsp3) is 0.538. The van der Waals surface area contributed by atoms with Crippen molar-refractivity contribution in [1.29, 1.82) is 0 Å². The Kier molecular flexibility index (Phi) is 4.89. The van der Waals surface area contributed by atoms with E-state index in [2.05, 4.69) is 9.71 Å². The van der Waals surface area contributed by atoms with Gasteiger partial charge in [-0.1, -0.05) is 19.3 Å². The number of carbonyl (C=O) groups is 1. The smallest absolute Gasteiger partial charge is 0.322 e. The minimum Gasteiger partial charge on any atom is -0.480 e. The van der Waals surface area contributed by atoms with E-state index in [0.717, 1.165) is 31.5 Å². The summed E-state index contributed by atoms with van der Waals surface area (Å²) in [7, 11) is -4.30. The molecular formula is C13H17FN2O4S. The van der Waals surface area contributed by atoms with Crippen molar-refractivity contribution in [2.45, 2.75) is 43.2 Å². The molecule has 0 radical (unpaired) electrons. The summed E-state index contributed by atoms with van der Waals surface area (Å²) >= 11 is 0. The molecule has 1 aromatic rings. The van der Waals surface area contributed by atoms with Crippen molar-refractivity contribution in [2.24, 2.45) is 5.92 Å². The third-order valence-electron chi connectivity index (χ3n) is 3.65. The molecule has 8 heteroatoms. The Morgan fingerprint density at radius 3 is 2.62 bits per heavy atom. The van der Waals surface area contributed by atoms with Gasteiger partial charge in [-0.05, 0) is 30.9 Å². The summed E-state index contributed by atoms with van der Waals surface area (Å²) in [6.07, 6.45) is 5.19. The van der Waals surface area contributed by atoms with Crippen molar-refractivity contribution in [3.63, 3.8) is 0 Å². The molecule has 6 nitrogen and oxygen atoms in total. The number of hydrogen-bond donors (Lipinski definition) is 2. The van der Waals surface area contributed by atoms with E-state index in [9.17, 15) is 22.7 Å². The Morgan fingerprint density at radius 1 is 1.38 bits per heavy atom. The number of nitrogens with zero attached hydrogens (tertiary/aromatic N) is 1. The molecule has 1 saturated carbocycles. The van der Waals surface area contributed by atoms with Crippen LogP contribution in [0.2, 0.25) is 0 Å².